The first-order valence-electron chi connectivity index (χ1n) is 11.2. The Morgan fingerprint density at radius 3 is 2.57 bits per heavy atom. The van der Waals surface area contributed by atoms with Crippen molar-refractivity contribution in [2.45, 2.75) is 39.3 Å². The fourth-order valence-electron chi connectivity index (χ4n) is 4.24. The molecule has 1 fully saturated rings. The molecule has 1 saturated heterocycles. The van der Waals surface area contributed by atoms with E-state index in [-0.39, 0.29) is 6.03 Å². The minimum Gasteiger partial charge on any atom is -0.493 e. The zero-order valence-electron chi connectivity index (χ0n) is 17.9. The first kappa shape index (κ1) is 20.7. The molecule has 0 spiro atoms. The molecule has 2 aliphatic rings. The van der Waals surface area contributed by atoms with Crippen LogP contribution < -0.4 is 15.4 Å². The van der Waals surface area contributed by atoms with Crippen molar-refractivity contribution in [2.24, 2.45) is 11.8 Å². The number of carbonyl (C=O) groups excluding carboxylic acids is 1. The molecule has 1 unspecified atom stereocenters. The van der Waals surface area contributed by atoms with E-state index in [1.807, 2.05) is 18.2 Å². The third kappa shape index (κ3) is 5.76. The lowest BCUT2D eigenvalue weighted by Gasteiger charge is -2.30. The zero-order valence-corrected chi connectivity index (χ0v) is 17.9. The highest BCUT2D eigenvalue weighted by Gasteiger charge is 2.20. The molecule has 2 N–H and O–H groups in total. The fraction of sp³-hybridized carbons (Fsp3) is 0.480. The van der Waals surface area contributed by atoms with E-state index in [4.69, 9.17) is 4.74 Å². The number of nitrogens with one attached hydrogen (secondary N) is 2. The molecule has 0 bridgehead atoms. The van der Waals surface area contributed by atoms with Gasteiger partial charge in [0.05, 0.1) is 6.61 Å². The second-order valence-electron chi connectivity index (χ2n) is 8.83. The number of piperidine rings is 1. The van der Waals surface area contributed by atoms with Crippen molar-refractivity contribution in [3.8, 4) is 5.75 Å². The molecule has 2 heterocycles. The van der Waals surface area contributed by atoms with Crippen LogP contribution in [0.1, 0.15) is 36.5 Å². The normalized spacial score (nSPS) is 19.6. The Morgan fingerprint density at radius 2 is 1.77 bits per heavy atom. The van der Waals surface area contributed by atoms with Crippen LogP contribution in [0.25, 0.3) is 0 Å². The molecule has 0 aromatic heterocycles. The number of hydrogen-bond acceptors (Lipinski definition) is 3. The third-order valence-electron chi connectivity index (χ3n) is 6.27. The molecular formula is C25H33N3O2. The second-order valence-corrected chi connectivity index (χ2v) is 8.83. The van der Waals surface area contributed by atoms with Gasteiger partial charge in [0.25, 0.3) is 0 Å². The Labute approximate surface area is 179 Å². The summed E-state index contributed by atoms with van der Waals surface area (Å²) in [5.74, 6) is 2.14. The molecule has 0 aliphatic carbocycles. The summed E-state index contributed by atoms with van der Waals surface area (Å²) >= 11 is 0. The number of ether oxygens (including phenoxy) is 1. The van der Waals surface area contributed by atoms with Gasteiger partial charge < -0.3 is 15.4 Å². The summed E-state index contributed by atoms with van der Waals surface area (Å²) in [7, 11) is 0. The van der Waals surface area contributed by atoms with Gasteiger partial charge in [0.1, 0.15) is 5.75 Å². The predicted molar refractivity (Wildman–Crippen MR) is 119 cm³/mol. The van der Waals surface area contributed by atoms with Crippen molar-refractivity contribution in [3.05, 3.63) is 65.2 Å². The lowest BCUT2D eigenvalue weighted by atomic mass is 9.97. The average Bonchev–Trinajstić information content (AvgIpc) is 2.78. The van der Waals surface area contributed by atoms with E-state index in [1.54, 1.807) is 0 Å². The largest absolute Gasteiger partial charge is 0.493 e. The van der Waals surface area contributed by atoms with E-state index in [1.165, 1.54) is 37.1 Å². The maximum Gasteiger partial charge on any atom is 0.315 e. The maximum absolute atomic E-state index is 12.2. The third-order valence-corrected chi connectivity index (χ3v) is 6.27. The zero-order chi connectivity index (χ0) is 20.8. The Balaban J connectivity index is 1.16. The SMILES string of the molecule is CC1CCN(Cc2ccc(CNC(=O)NCC3COc4ccccc4C3)cc2)CC1. The first-order chi connectivity index (χ1) is 14.7. The molecule has 1 atom stereocenters. The van der Waals surface area contributed by atoms with Crippen molar-refractivity contribution in [2.75, 3.05) is 26.2 Å². The number of benzene rings is 2. The van der Waals surface area contributed by atoms with Crippen LogP contribution in [0.5, 0.6) is 5.75 Å². The van der Waals surface area contributed by atoms with Crippen LogP contribution in [0.3, 0.4) is 0 Å². The van der Waals surface area contributed by atoms with Gasteiger partial charge in [-0.15, -0.1) is 0 Å². The summed E-state index contributed by atoms with van der Waals surface area (Å²) in [6.07, 6.45) is 3.54. The minimum absolute atomic E-state index is 0.125. The summed E-state index contributed by atoms with van der Waals surface area (Å²) in [5, 5.41) is 5.95. The Kier molecular flexibility index (Phi) is 6.90. The van der Waals surface area contributed by atoms with Crippen LogP contribution in [-0.2, 0) is 19.5 Å². The molecule has 30 heavy (non-hydrogen) atoms. The van der Waals surface area contributed by atoms with Gasteiger partial charge in [0.2, 0.25) is 0 Å². The quantitative estimate of drug-likeness (QED) is 0.762. The molecule has 0 radical (unpaired) electrons. The van der Waals surface area contributed by atoms with Crippen LogP contribution in [0.15, 0.2) is 48.5 Å². The Bertz CT molecular complexity index is 829. The van der Waals surface area contributed by atoms with Crippen molar-refractivity contribution in [1.29, 1.82) is 0 Å². The van der Waals surface area contributed by atoms with E-state index in [0.29, 0.717) is 25.6 Å². The second kappa shape index (κ2) is 9.98. The molecule has 5 heteroatoms. The molecule has 160 valence electrons. The van der Waals surface area contributed by atoms with Crippen LogP contribution in [-0.4, -0.2) is 37.2 Å². The molecule has 2 aliphatic heterocycles. The molecule has 2 amide bonds. The number of hydrogen-bond donors (Lipinski definition) is 2. The summed E-state index contributed by atoms with van der Waals surface area (Å²) in [6, 6.07) is 16.6. The van der Waals surface area contributed by atoms with Gasteiger partial charge in [-0.05, 0) is 61.0 Å². The molecule has 4 rings (SSSR count). The lowest BCUT2D eigenvalue weighted by Crippen LogP contribution is -2.40. The van der Waals surface area contributed by atoms with Crippen LogP contribution >= 0.6 is 0 Å². The predicted octanol–water partition coefficient (Wildman–Crippen LogP) is 3.97. The van der Waals surface area contributed by atoms with Crippen molar-refractivity contribution < 1.29 is 9.53 Å². The number of likely N-dealkylation sites (tertiary alicyclic amines) is 1. The van der Waals surface area contributed by atoms with Crippen LogP contribution in [0.4, 0.5) is 4.79 Å². The molecule has 2 aromatic carbocycles. The highest BCUT2D eigenvalue weighted by molar-refractivity contribution is 5.73. The topological polar surface area (TPSA) is 53.6 Å². The summed E-state index contributed by atoms with van der Waals surface area (Å²) in [5.41, 5.74) is 3.68. The average molecular weight is 408 g/mol. The standard InChI is InChI=1S/C25H33N3O2/c1-19-10-12-28(13-11-19)17-21-8-6-20(7-9-21)15-26-25(29)27-16-22-14-23-4-2-3-5-24(23)30-18-22/h2-9,19,22H,10-18H2,1H3,(H2,26,27,29). The van der Waals surface area contributed by atoms with E-state index in [0.717, 1.165) is 30.2 Å². The van der Waals surface area contributed by atoms with Gasteiger partial charge in [-0.3, -0.25) is 4.90 Å². The van der Waals surface area contributed by atoms with Gasteiger partial charge in [-0.2, -0.15) is 0 Å². The van der Waals surface area contributed by atoms with Gasteiger partial charge >= 0.3 is 6.03 Å². The summed E-state index contributed by atoms with van der Waals surface area (Å²) in [4.78, 5) is 14.7. The maximum atomic E-state index is 12.2. The molecular weight excluding hydrogens is 374 g/mol. The summed E-state index contributed by atoms with van der Waals surface area (Å²) < 4.78 is 5.79. The Morgan fingerprint density at radius 1 is 1.03 bits per heavy atom. The van der Waals surface area contributed by atoms with Crippen molar-refractivity contribution >= 4 is 6.03 Å². The number of para-hydroxylation sites is 1. The molecule has 0 saturated carbocycles. The molecule has 2 aromatic rings. The number of nitrogens with zero attached hydrogens (tertiary/aromatic N) is 1. The first-order valence-corrected chi connectivity index (χ1v) is 11.2. The number of urea groups is 1. The van der Waals surface area contributed by atoms with E-state index in [9.17, 15) is 4.79 Å². The van der Waals surface area contributed by atoms with Crippen LogP contribution in [0.2, 0.25) is 0 Å². The summed E-state index contributed by atoms with van der Waals surface area (Å²) in [6.45, 7) is 7.56. The number of amides is 2. The highest BCUT2D eigenvalue weighted by atomic mass is 16.5. The smallest absolute Gasteiger partial charge is 0.315 e. The number of rotatable bonds is 6. The fourth-order valence-corrected chi connectivity index (χ4v) is 4.24. The van der Waals surface area contributed by atoms with Crippen molar-refractivity contribution in [3.63, 3.8) is 0 Å². The van der Waals surface area contributed by atoms with Gasteiger partial charge in [0, 0.05) is 25.6 Å². The lowest BCUT2D eigenvalue weighted by molar-refractivity contribution is 0.185. The minimum atomic E-state index is -0.125. The highest BCUT2D eigenvalue weighted by Crippen LogP contribution is 2.26. The number of fused-ring (bicyclic) bond motifs is 1. The van der Waals surface area contributed by atoms with E-state index < -0.39 is 0 Å². The van der Waals surface area contributed by atoms with Gasteiger partial charge in [-0.25, -0.2) is 4.79 Å². The van der Waals surface area contributed by atoms with Crippen LogP contribution in [0, 0.1) is 11.8 Å². The number of carbonyl (C=O) groups is 1. The molecule has 5 nitrogen and oxygen atoms in total. The van der Waals surface area contributed by atoms with Crippen molar-refractivity contribution in [1.82, 2.24) is 15.5 Å². The van der Waals surface area contributed by atoms with Gasteiger partial charge in [-0.1, -0.05) is 49.4 Å². The van der Waals surface area contributed by atoms with E-state index >= 15 is 0 Å². The van der Waals surface area contributed by atoms with Gasteiger partial charge in [0.15, 0.2) is 0 Å². The monoisotopic (exact) mass is 407 g/mol. The van der Waals surface area contributed by atoms with E-state index in [2.05, 4.69) is 52.8 Å². The Hall–Kier alpha value is -2.53.